The van der Waals surface area contributed by atoms with Gasteiger partial charge in [0.2, 0.25) is 0 Å². The maximum atomic E-state index is 5.77. The maximum absolute atomic E-state index is 5.77. The highest BCUT2D eigenvalue weighted by atomic mass is 16.5. The summed E-state index contributed by atoms with van der Waals surface area (Å²) in [5.74, 6) is 1.83. The molecule has 15 heavy (non-hydrogen) atoms. The fourth-order valence-corrected chi connectivity index (χ4v) is 3.66. The summed E-state index contributed by atoms with van der Waals surface area (Å²) < 4.78 is 5.77. The molecular weight excluding hydrogens is 188 g/mol. The van der Waals surface area contributed by atoms with Crippen molar-refractivity contribution in [3.05, 3.63) is 0 Å². The minimum atomic E-state index is 0.288. The molecule has 0 aromatic rings. The lowest BCUT2D eigenvalue weighted by Gasteiger charge is -2.43. The third-order valence-corrected chi connectivity index (χ3v) is 4.40. The monoisotopic (exact) mass is 210 g/mol. The van der Waals surface area contributed by atoms with Crippen molar-refractivity contribution in [1.82, 2.24) is 10.6 Å². The lowest BCUT2D eigenvalue weighted by atomic mass is 9.71. The van der Waals surface area contributed by atoms with Crippen LogP contribution in [0, 0.1) is 11.8 Å². The molecule has 1 saturated carbocycles. The largest absolute Gasteiger partial charge is 0.360 e. The number of hydrogen-bond donors (Lipinski definition) is 2. The normalized spacial score (nSPS) is 46.4. The molecule has 2 aliphatic heterocycles. The predicted octanol–water partition coefficient (Wildman–Crippen LogP) is 1.10. The molecule has 0 aromatic heterocycles. The van der Waals surface area contributed by atoms with Crippen LogP contribution in [-0.4, -0.2) is 32.0 Å². The topological polar surface area (TPSA) is 33.3 Å². The molecule has 0 amide bonds. The number of piperidine rings is 1. The molecule has 0 spiro atoms. The Bertz CT molecular complexity index is 214. The molecule has 0 aromatic carbocycles. The summed E-state index contributed by atoms with van der Waals surface area (Å²) in [6.45, 7) is 3.10. The Hall–Kier alpha value is -0.120. The summed E-state index contributed by atoms with van der Waals surface area (Å²) in [5.41, 5.74) is 0. The van der Waals surface area contributed by atoms with Gasteiger partial charge in [-0.1, -0.05) is 19.3 Å². The first-order valence-corrected chi connectivity index (χ1v) is 6.53. The van der Waals surface area contributed by atoms with E-state index < -0.39 is 0 Å². The highest BCUT2D eigenvalue weighted by Crippen LogP contribution is 2.38. The quantitative estimate of drug-likeness (QED) is 0.680. The average Bonchev–Trinajstić information content (AvgIpc) is 2.82. The van der Waals surface area contributed by atoms with Gasteiger partial charge in [0.25, 0.3) is 0 Å². The van der Waals surface area contributed by atoms with Crippen LogP contribution in [0.25, 0.3) is 0 Å². The lowest BCUT2D eigenvalue weighted by Crippen LogP contribution is -2.56. The highest BCUT2D eigenvalue weighted by molar-refractivity contribution is 4.93. The number of fused-ring (bicyclic) bond motifs is 1. The van der Waals surface area contributed by atoms with Crippen molar-refractivity contribution >= 4 is 0 Å². The second-order valence-corrected chi connectivity index (χ2v) is 5.22. The van der Waals surface area contributed by atoms with Crippen LogP contribution in [0.5, 0.6) is 0 Å². The molecule has 4 unspecified atom stereocenters. The maximum Gasteiger partial charge on any atom is 0.124 e. The van der Waals surface area contributed by atoms with E-state index in [1.807, 2.05) is 0 Å². The molecule has 3 nitrogen and oxygen atoms in total. The van der Waals surface area contributed by atoms with Crippen LogP contribution in [0.15, 0.2) is 0 Å². The Morgan fingerprint density at radius 2 is 1.87 bits per heavy atom. The second kappa shape index (κ2) is 4.40. The van der Waals surface area contributed by atoms with Gasteiger partial charge >= 0.3 is 0 Å². The van der Waals surface area contributed by atoms with Crippen LogP contribution in [-0.2, 0) is 4.74 Å². The molecule has 3 heteroatoms. The Morgan fingerprint density at radius 1 is 0.933 bits per heavy atom. The minimum absolute atomic E-state index is 0.288. The van der Waals surface area contributed by atoms with Crippen LogP contribution in [0.3, 0.4) is 0 Å². The van der Waals surface area contributed by atoms with E-state index in [0.717, 1.165) is 25.0 Å². The van der Waals surface area contributed by atoms with E-state index in [4.69, 9.17) is 4.74 Å². The summed E-state index contributed by atoms with van der Waals surface area (Å²) in [6.07, 6.45) is 7.41. The predicted molar refractivity (Wildman–Crippen MR) is 59.6 cm³/mol. The zero-order valence-electron chi connectivity index (χ0n) is 9.37. The van der Waals surface area contributed by atoms with Crippen LogP contribution < -0.4 is 10.6 Å². The number of nitrogens with one attached hydrogen (secondary N) is 2. The number of ether oxygens (including phenoxy) is 1. The zero-order valence-corrected chi connectivity index (χ0v) is 9.37. The van der Waals surface area contributed by atoms with E-state index in [1.54, 1.807) is 0 Å². The first kappa shape index (κ1) is 10.1. The van der Waals surface area contributed by atoms with E-state index in [-0.39, 0.29) is 6.23 Å². The molecule has 0 bridgehead atoms. The van der Waals surface area contributed by atoms with Crippen molar-refractivity contribution in [3.8, 4) is 0 Å². The van der Waals surface area contributed by atoms with E-state index in [2.05, 4.69) is 10.6 Å². The molecule has 86 valence electrons. The van der Waals surface area contributed by atoms with Crippen molar-refractivity contribution in [2.45, 2.75) is 44.4 Å². The standard InChI is InChI=1S/C12H22N2O/c1-2-4-10-9(3-1)5-6-13-11(10)12-14-7-8-15-12/h9-14H,1-8H2. The molecule has 0 radical (unpaired) electrons. The smallest absolute Gasteiger partial charge is 0.124 e. The van der Waals surface area contributed by atoms with Crippen molar-refractivity contribution in [2.24, 2.45) is 11.8 Å². The molecule has 3 aliphatic rings. The van der Waals surface area contributed by atoms with Gasteiger partial charge in [0.15, 0.2) is 0 Å². The zero-order chi connectivity index (χ0) is 10.1. The van der Waals surface area contributed by atoms with Crippen LogP contribution in [0.4, 0.5) is 0 Å². The van der Waals surface area contributed by atoms with E-state index in [9.17, 15) is 0 Å². The molecule has 4 atom stereocenters. The number of hydrogen-bond acceptors (Lipinski definition) is 3. The Kier molecular flexibility index (Phi) is 2.95. The summed E-state index contributed by atoms with van der Waals surface area (Å²) in [7, 11) is 0. The van der Waals surface area contributed by atoms with Gasteiger partial charge in [0.1, 0.15) is 6.23 Å². The molecule has 2 saturated heterocycles. The fraction of sp³-hybridized carbons (Fsp3) is 1.00. The summed E-state index contributed by atoms with van der Waals surface area (Å²) in [5, 5.41) is 7.15. The van der Waals surface area contributed by atoms with Crippen LogP contribution in [0.2, 0.25) is 0 Å². The van der Waals surface area contributed by atoms with Gasteiger partial charge in [-0.05, 0) is 31.2 Å². The first-order valence-electron chi connectivity index (χ1n) is 6.53. The summed E-state index contributed by atoms with van der Waals surface area (Å²) in [4.78, 5) is 0. The van der Waals surface area contributed by atoms with E-state index >= 15 is 0 Å². The molecule has 2 N–H and O–H groups in total. The molecule has 2 heterocycles. The Labute approximate surface area is 91.9 Å². The summed E-state index contributed by atoms with van der Waals surface area (Å²) >= 11 is 0. The van der Waals surface area contributed by atoms with Crippen molar-refractivity contribution in [3.63, 3.8) is 0 Å². The molecule has 3 rings (SSSR count). The van der Waals surface area contributed by atoms with Crippen LogP contribution in [0.1, 0.15) is 32.1 Å². The van der Waals surface area contributed by atoms with Gasteiger partial charge in [-0.25, -0.2) is 0 Å². The summed E-state index contributed by atoms with van der Waals surface area (Å²) in [6, 6.07) is 0.576. The van der Waals surface area contributed by atoms with Crippen LogP contribution >= 0.6 is 0 Å². The highest BCUT2D eigenvalue weighted by Gasteiger charge is 2.39. The van der Waals surface area contributed by atoms with E-state index in [1.165, 1.54) is 38.6 Å². The van der Waals surface area contributed by atoms with Gasteiger partial charge in [0.05, 0.1) is 6.61 Å². The number of rotatable bonds is 1. The Balaban J connectivity index is 1.69. The van der Waals surface area contributed by atoms with Gasteiger partial charge in [-0.2, -0.15) is 0 Å². The third-order valence-electron chi connectivity index (χ3n) is 4.40. The first-order chi connectivity index (χ1) is 7.45. The third kappa shape index (κ3) is 1.93. The van der Waals surface area contributed by atoms with Gasteiger partial charge in [-0.3, -0.25) is 5.32 Å². The Morgan fingerprint density at radius 3 is 2.73 bits per heavy atom. The van der Waals surface area contributed by atoms with Gasteiger partial charge in [-0.15, -0.1) is 0 Å². The van der Waals surface area contributed by atoms with E-state index in [0.29, 0.717) is 6.04 Å². The molecule has 1 aliphatic carbocycles. The van der Waals surface area contributed by atoms with Gasteiger partial charge < -0.3 is 10.1 Å². The SMILES string of the molecule is C1CCC2C(C1)CCNC2C1NCCO1. The van der Waals surface area contributed by atoms with Crippen molar-refractivity contribution in [2.75, 3.05) is 19.7 Å². The lowest BCUT2D eigenvalue weighted by molar-refractivity contribution is 0.00743. The second-order valence-electron chi connectivity index (χ2n) is 5.22. The van der Waals surface area contributed by atoms with Crippen molar-refractivity contribution < 1.29 is 4.74 Å². The minimum Gasteiger partial charge on any atom is -0.360 e. The fourth-order valence-electron chi connectivity index (χ4n) is 3.66. The van der Waals surface area contributed by atoms with Gasteiger partial charge in [0, 0.05) is 12.6 Å². The molecule has 3 fully saturated rings. The average molecular weight is 210 g/mol. The molecular formula is C12H22N2O. The van der Waals surface area contributed by atoms with Crippen molar-refractivity contribution in [1.29, 1.82) is 0 Å².